The Bertz CT molecular complexity index is 1180. The molecule has 0 saturated heterocycles. The average Bonchev–Trinajstić information content (AvgIpc) is 2.67. The second kappa shape index (κ2) is 6.42. The molecule has 0 saturated carbocycles. The van der Waals surface area contributed by atoms with Gasteiger partial charge in [-0.3, -0.25) is 14.2 Å². The molecular weight excluding hydrogens is 344 g/mol. The van der Waals surface area contributed by atoms with Crippen molar-refractivity contribution in [3.05, 3.63) is 68.4 Å². The SMILES string of the molecule is CCn1c(=O)[nH]c2cc(C(=O)N3CCCc4c(N)cccc43)ccc2c1=O. The summed E-state index contributed by atoms with van der Waals surface area (Å²) in [6, 6.07) is 10.4. The Kier molecular flexibility index (Phi) is 4.07. The maximum Gasteiger partial charge on any atom is 0.328 e. The molecule has 0 aliphatic carbocycles. The van der Waals surface area contributed by atoms with Crippen LogP contribution in [0.15, 0.2) is 46.0 Å². The number of aromatic amines is 1. The zero-order valence-corrected chi connectivity index (χ0v) is 15.0. The van der Waals surface area contributed by atoms with E-state index in [1.54, 1.807) is 30.0 Å². The summed E-state index contributed by atoms with van der Waals surface area (Å²) in [6.07, 6.45) is 1.67. The van der Waals surface area contributed by atoms with Crippen molar-refractivity contribution in [3.8, 4) is 0 Å². The third kappa shape index (κ3) is 2.71. The fourth-order valence-electron chi connectivity index (χ4n) is 3.69. The van der Waals surface area contributed by atoms with Crippen molar-refractivity contribution in [2.75, 3.05) is 17.2 Å². The van der Waals surface area contributed by atoms with Gasteiger partial charge in [0.25, 0.3) is 11.5 Å². The molecule has 0 fully saturated rings. The van der Waals surface area contributed by atoms with Gasteiger partial charge >= 0.3 is 5.69 Å². The zero-order valence-electron chi connectivity index (χ0n) is 15.0. The first-order valence-corrected chi connectivity index (χ1v) is 8.97. The molecule has 0 spiro atoms. The van der Waals surface area contributed by atoms with Crippen molar-refractivity contribution in [2.24, 2.45) is 0 Å². The molecular formula is C20H20N4O3. The lowest BCUT2D eigenvalue weighted by Crippen LogP contribution is -2.36. The summed E-state index contributed by atoms with van der Waals surface area (Å²) in [5, 5.41) is 0.385. The van der Waals surface area contributed by atoms with Crippen LogP contribution in [0.5, 0.6) is 0 Å². The zero-order chi connectivity index (χ0) is 19.1. The summed E-state index contributed by atoms with van der Waals surface area (Å²) in [5.74, 6) is -0.177. The number of carbonyl (C=O) groups is 1. The van der Waals surface area contributed by atoms with Crippen molar-refractivity contribution >= 4 is 28.2 Å². The number of anilines is 2. The Hall–Kier alpha value is -3.35. The van der Waals surface area contributed by atoms with Crippen molar-refractivity contribution in [2.45, 2.75) is 26.3 Å². The molecule has 0 bridgehead atoms. The molecule has 7 heteroatoms. The average molecular weight is 364 g/mol. The van der Waals surface area contributed by atoms with Gasteiger partial charge in [0, 0.05) is 30.0 Å². The van der Waals surface area contributed by atoms with Gasteiger partial charge in [0.15, 0.2) is 0 Å². The lowest BCUT2D eigenvalue weighted by Gasteiger charge is -2.30. The highest BCUT2D eigenvalue weighted by Gasteiger charge is 2.25. The number of hydrogen-bond donors (Lipinski definition) is 2. The van der Waals surface area contributed by atoms with Crippen LogP contribution < -0.4 is 21.9 Å². The molecule has 3 aromatic rings. The van der Waals surface area contributed by atoms with Gasteiger partial charge in [0.1, 0.15) is 0 Å². The molecule has 1 aliphatic heterocycles. The minimum Gasteiger partial charge on any atom is -0.398 e. The summed E-state index contributed by atoms with van der Waals surface area (Å²) >= 11 is 0. The van der Waals surface area contributed by atoms with Crippen LogP contribution in [-0.4, -0.2) is 22.0 Å². The van der Waals surface area contributed by atoms with Crippen molar-refractivity contribution in [1.29, 1.82) is 0 Å². The normalized spacial score (nSPS) is 13.6. The number of carbonyl (C=O) groups excluding carboxylic acids is 1. The van der Waals surface area contributed by atoms with Gasteiger partial charge in [-0.1, -0.05) is 6.07 Å². The van der Waals surface area contributed by atoms with Crippen molar-refractivity contribution < 1.29 is 4.79 Å². The number of nitrogen functional groups attached to an aromatic ring is 1. The van der Waals surface area contributed by atoms with E-state index in [0.717, 1.165) is 28.7 Å². The highest BCUT2D eigenvalue weighted by molar-refractivity contribution is 6.08. The van der Waals surface area contributed by atoms with Crippen LogP contribution in [-0.2, 0) is 13.0 Å². The third-order valence-corrected chi connectivity index (χ3v) is 5.08. The first kappa shape index (κ1) is 17.1. The van der Waals surface area contributed by atoms with Gasteiger partial charge in [-0.2, -0.15) is 0 Å². The minimum absolute atomic E-state index is 0.177. The number of aromatic nitrogens is 2. The molecule has 3 N–H and O–H groups in total. The smallest absolute Gasteiger partial charge is 0.328 e. The van der Waals surface area contributed by atoms with E-state index in [0.29, 0.717) is 28.7 Å². The summed E-state index contributed by atoms with van der Waals surface area (Å²) in [6.45, 7) is 2.62. The van der Waals surface area contributed by atoms with E-state index in [9.17, 15) is 14.4 Å². The fourth-order valence-corrected chi connectivity index (χ4v) is 3.69. The molecule has 2 aromatic carbocycles. The molecule has 27 heavy (non-hydrogen) atoms. The van der Waals surface area contributed by atoms with Gasteiger partial charge in [-0.25, -0.2) is 4.79 Å². The minimum atomic E-state index is -0.476. The number of nitrogens with two attached hydrogens (primary N) is 1. The van der Waals surface area contributed by atoms with Crippen LogP contribution in [0.3, 0.4) is 0 Å². The van der Waals surface area contributed by atoms with E-state index in [1.807, 2.05) is 18.2 Å². The van der Waals surface area contributed by atoms with Crippen LogP contribution in [0.2, 0.25) is 0 Å². The summed E-state index contributed by atoms with van der Waals surface area (Å²) in [4.78, 5) is 42.0. The number of nitrogens with one attached hydrogen (secondary N) is 1. The molecule has 138 valence electrons. The number of benzene rings is 2. The second-order valence-electron chi connectivity index (χ2n) is 6.65. The summed E-state index contributed by atoms with van der Waals surface area (Å²) < 4.78 is 1.13. The Morgan fingerprint density at radius 1 is 1.22 bits per heavy atom. The number of rotatable bonds is 2. The molecule has 1 amide bonds. The molecule has 7 nitrogen and oxygen atoms in total. The molecule has 0 unspecified atom stereocenters. The summed E-state index contributed by atoms with van der Waals surface area (Å²) in [7, 11) is 0. The lowest BCUT2D eigenvalue weighted by molar-refractivity contribution is 0.0985. The number of hydrogen-bond acceptors (Lipinski definition) is 4. The second-order valence-corrected chi connectivity index (χ2v) is 6.65. The highest BCUT2D eigenvalue weighted by atomic mass is 16.2. The molecule has 1 aromatic heterocycles. The van der Waals surface area contributed by atoms with Crippen LogP contribution in [0.1, 0.15) is 29.3 Å². The van der Waals surface area contributed by atoms with Crippen molar-refractivity contribution in [3.63, 3.8) is 0 Å². The fraction of sp³-hybridized carbons (Fsp3) is 0.250. The molecule has 1 aliphatic rings. The highest BCUT2D eigenvalue weighted by Crippen LogP contribution is 2.32. The number of fused-ring (bicyclic) bond motifs is 2. The lowest BCUT2D eigenvalue weighted by atomic mass is 9.99. The number of amides is 1. The van der Waals surface area contributed by atoms with Crippen LogP contribution in [0.4, 0.5) is 11.4 Å². The predicted molar refractivity (Wildman–Crippen MR) is 105 cm³/mol. The Morgan fingerprint density at radius 2 is 2.04 bits per heavy atom. The van der Waals surface area contributed by atoms with Crippen LogP contribution in [0.25, 0.3) is 10.9 Å². The van der Waals surface area contributed by atoms with Gasteiger partial charge < -0.3 is 15.6 Å². The largest absolute Gasteiger partial charge is 0.398 e. The van der Waals surface area contributed by atoms with E-state index in [2.05, 4.69) is 4.98 Å². The maximum absolute atomic E-state index is 13.1. The van der Waals surface area contributed by atoms with Gasteiger partial charge in [0.05, 0.1) is 10.9 Å². The molecule has 0 radical (unpaired) electrons. The van der Waals surface area contributed by atoms with E-state index in [4.69, 9.17) is 5.73 Å². The first-order chi connectivity index (χ1) is 13.0. The van der Waals surface area contributed by atoms with E-state index in [-0.39, 0.29) is 18.0 Å². The van der Waals surface area contributed by atoms with Gasteiger partial charge in [-0.05, 0) is 55.7 Å². The predicted octanol–water partition coefficient (Wildman–Crippen LogP) is 1.88. The van der Waals surface area contributed by atoms with Crippen LogP contribution in [0, 0.1) is 0 Å². The first-order valence-electron chi connectivity index (χ1n) is 8.97. The molecule has 2 heterocycles. The molecule has 4 rings (SSSR count). The van der Waals surface area contributed by atoms with Gasteiger partial charge in [0.2, 0.25) is 0 Å². The van der Waals surface area contributed by atoms with E-state index in [1.165, 1.54) is 0 Å². The number of H-pyrrole nitrogens is 1. The Morgan fingerprint density at radius 3 is 2.81 bits per heavy atom. The topological polar surface area (TPSA) is 101 Å². The van der Waals surface area contributed by atoms with Crippen LogP contribution >= 0.6 is 0 Å². The number of nitrogens with zero attached hydrogens (tertiary/aromatic N) is 2. The Balaban J connectivity index is 1.80. The van der Waals surface area contributed by atoms with Crippen molar-refractivity contribution in [1.82, 2.24) is 9.55 Å². The van der Waals surface area contributed by atoms with E-state index < -0.39 is 5.69 Å². The monoisotopic (exact) mass is 364 g/mol. The van der Waals surface area contributed by atoms with E-state index >= 15 is 0 Å². The third-order valence-electron chi connectivity index (χ3n) is 5.08. The standard InChI is InChI=1S/C20H20N4O3/c1-2-23-19(26)14-9-8-12(11-16(14)22-20(23)27)18(25)24-10-4-5-13-15(21)6-3-7-17(13)24/h3,6-9,11H,2,4-5,10,21H2,1H3,(H,22,27). The maximum atomic E-state index is 13.1. The summed E-state index contributed by atoms with van der Waals surface area (Å²) in [5.41, 5.74) is 8.51. The van der Waals surface area contributed by atoms with Gasteiger partial charge in [-0.15, -0.1) is 0 Å². The quantitative estimate of drug-likeness (QED) is 0.678. The Labute approximate surface area is 155 Å². The molecule has 0 atom stereocenters.